The van der Waals surface area contributed by atoms with Gasteiger partial charge in [0.1, 0.15) is 17.4 Å². The fourth-order valence-electron chi connectivity index (χ4n) is 2.27. The maximum atomic E-state index is 13.2. The quantitative estimate of drug-likeness (QED) is 0.910. The number of halogens is 2. The Morgan fingerprint density at radius 1 is 1.05 bits per heavy atom. The molecule has 0 heterocycles. The smallest absolute Gasteiger partial charge is 0.126 e. The van der Waals surface area contributed by atoms with Crippen molar-refractivity contribution in [3.8, 4) is 5.75 Å². The van der Waals surface area contributed by atoms with Crippen molar-refractivity contribution in [3.05, 3.63) is 65.2 Å². The summed E-state index contributed by atoms with van der Waals surface area (Å²) in [6, 6.07) is 10.8. The van der Waals surface area contributed by atoms with Gasteiger partial charge in [0.05, 0.1) is 6.10 Å². The van der Waals surface area contributed by atoms with Gasteiger partial charge in [0.25, 0.3) is 0 Å². The van der Waals surface area contributed by atoms with Crippen LogP contribution in [-0.2, 0) is 6.42 Å². The molecule has 0 aliphatic heterocycles. The zero-order chi connectivity index (χ0) is 14.8. The van der Waals surface area contributed by atoms with Gasteiger partial charge in [-0.3, -0.25) is 0 Å². The number of benzene rings is 2. The average molecular weight is 289 g/mol. The molecule has 110 valence electrons. The normalized spacial score (nSPS) is 15.8. The minimum atomic E-state index is -0.578. The van der Waals surface area contributed by atoms with Gasteiger partial charge < -0.3 is 10.5 Å². The number of hydrogen-bond acceptors (Lipinski definition) is 2. The van der Waals surface area contributed by atoms with Crippen LogP contribution in [0.3, 0.4) is 0 Å². The first-order valence-corrected chi connectivity index (χ1v) is 7.07. The van der Waals surface area contributed by atoms with Gasteiger partial charge in [0.15, 0.2) is 0 Å². The predicted molar refractivity (Wildman–Crippen MR) is 77.1 cm³/mol. The second-order valence-electron chi connectivity index (χ2n) is 5.47. The molecule has 0 radical (unpaired) electrons. The van der Waals surface area contributed by atoms with E-state index in [9.17, 15) is 8.78 Å². The van der Waals surface area contributed by atoms with E-state index in [1.807, 2.05) is 24.3 Å². The SMILES string of the molecule is NC(Cc1cc(F)cc(F)c1)c1ccc(OC2CC2)cc1. The Morgan fingerprint density at radius 2 is 1.67 bits per heavy atom. The lowest BCUT2D eigenvalue weighted by molar-refractivity contribution is 0.303. The molecular formula is C17H17F2NO. The summed E-state index contributed by atoms with van der Waals surface area (Å²) < 4.78 is 32.0. The summed E-state index contributed by atoms with van der Waals surface area (Å²) in [6.45, 7) is 0. The van der Waals surface area contributed by atoms with Gasteiger partial charge in [-0.25, -0.2) is 8.78 Å². The molecule has 2 aromatic rings. The molecule has 2 nitrogen and oxygen atoms in total. The van der Waals surface area contributed by atoms with Crippen LogP contribution < -0.4 is 10.5 Å². The maximum absolute atomic E-state index is 13.2. The molecule has 4 heteroatoms. The van der Waals surface area contributed by atoms with E-state index in [2.05, 4.69) is 0 Å². The molecule has 3 rings (SSSR count). The fourth-order valence-corrected chi connectivity index (χ4v) is 2.27. The number of rotatable bonds is 5. The zero-order valence-electron chi connectivity index (χ0n) is 11.6. The molecule has 1 fully saturated rings. The zero-order valence-corrected chi connectivity index (χ0v) is 11.6. The van der Waals surface area contributed by atoms with E-state index >= 15 is 0 Å². The van der Waals surface area contributed by atoms with Crippen molar-refractivity contribution in [2.75, 3.05) is 0 Å². The standard InChI is InChI=1S/C17H17F2NO/c18-13-7-11(8-14(19)10-13)9-17(20)12-1-3-15(4-2-12)21-16-5-6-16/h1-4,7-8,10,16-17H,5-6,9,20H2. The first kappa shape index (κ1) is 14.0. The number of ether oxygens (including phenoxy) is 1. The van der Waals surface area contributed by atoms with Crippen LogP contribution in [0.2, 0.25) is 0 Å². The van der Waals surface area contributed by atoms with Gasteiger partial charge >= 0.3 is 0 Å². The van der Waals surface area contributed by atoms with E-state index in [1.54, 1.807) is 0 Å². The molecule has 1 aliphatic carbocycles. The average Bonchev–Trinajstić information content (AvgIpc) is 3.22. The summed E-state index contributed by atoms with van der Waals surface area (Å²) in [6.07, 6.45) is 2.98. The topological polar surface area (TPSA) is 35.2 Å². The Kier molecular flexibility index (Phi) is 3.88. The van der Waals surface area contributed by atoms with Crippen molar-refractivity contribution >= 4 is 0 Å². The summed E-state index contributed by atoms with van der Waals surface area (Å²) >= 11 is 0. The highest BCUT2D eigenvalue weighted by Gasteiger charge is 2.23. The lowest BCUT2D eigenvalue weighted by atomic mass is 9.99. The largest absolute Gasteiger partial charge is 0.490 e. The molecular weight excluding hydrogens is 272 g/mol. The molecule has 1 atom stereocenters. The summed E-state index contributed by atoms with van der Waals surface area (Å²) in [5.41, 5.74) is 7.58. The van der Waals surface area contributed by atoms with Gasteiger partial charge in [0, 0.05) is 12.1 Å². The van der Waals surface area contributed by atoms with Crippen LogP contribution in [0.4, 0.5) is 8.78 Å². The molecule has 1 unspecified atom stereocenters. The van der Waals surface area contributed by atoms with Crippen LogP contribution in [0.15, 0.2) is 42.5 Å². The van der Waals surface area contributed by atoms with E-state index in [4.69, 9.17) is 10.5 Å². The first-order valence-electron chi connectivity index (χ1n) is 7.07. The van der Waals surface area contributed by atoms with Crippen molar-refractivity contribution in [1.82, 2.24) is 0 Å². The third-order valence-corrected chi connectivity index (χ3v) is 3.51. The summed E-state index contributed by atoms with van der Waals surface area (Å²) in [5, 5.41) is 0. The third-order valence-electron chi connectivity index (χ3n) is 3.51. The van der Waals surface area contributed by atoms with Crippen molar-refractivity contribution in [2.24, 2.45) is 5.73 Å². The molecule has 0 aromatic heterocycles. The lowest BCUT2D eigenvalue weighted by Gasteiger charge is -2.13. The minimum absolute atomic E-state index is 0.304. The van der Waals surface area contributed by atoms with E-state index < -0.39 is 11.6 Å². The molecule has 1 saturated carbocycles. The Morgan fingerprint density at radius 3 is 2.24 bits per heavy atom. The first-order chi connectivity index (χ1) is 10.1. The lowest BCUT2D eigenvalue weighted by Crippen LogP contribution is -2.13. The third kappa shape index (κ3) is 3.79. The summed E-state index contributed by atoms with van der Waals surface area (Å²) in [4.78, 5) is 0. The predicted octanol–water partition coefficient (Wildman–Crippen LogP) is 3.75. The summed E-state index contributed by atoms with van der Waals surface area (Å²) in [5.74, 6) is -0.319. The van der Waals surface area contributed by atoms with Crippen LogP contribution in [0.25, 0.3) is 0 Å². The van der Waals surface area contributed by atoms with Crippen LogP contribution in [-0.4, -0.2) is 6.10 Å². The molecule has 21 heavy (non-hydrogen) atoms. The van der Waals surface area contributed by atoms with Crippen LogP contribution >= 0.6 is 0 Å². The molecule has 0 amide bonds. The summed E-state index contributed by atoms with van der Waals surface area (Å²) in [7, 11) is 0. The van der Waals surface area contributed by atoms with Gasteiger partial charge in [-0.2, -0.15) is 0 Å². The van der Waals surface area contributed by atoms with E-state index in [1.165, 1.54) is 12.1 Å². The van der Waals surface area contributed by atoms with E-state index in [0.717, 1.165) is 30.2 Å². The molecule has 0 saturated heterocycles. The highest BCUT2D eigenvalue weighted by Crippen LogP contribution is 2.27. The second kappa shape index (κ2) is 5.82. The van der Waals surface area contributed by atoms with E-state index in [-0.39, 0.29) is 6.04 Å². The van der Waals surface area contributed by atoms with Crippen molar-refractivity contribution in [2.45, 2.75) is 31.4 Å². The van der Waals surface area contributed by atoms with Crippen LogP contribution in [0.1, 0.15) is 30.0 Å². The van der Waals surface area contributed by atoms with Crippen molar-refractivity contribution in [3.63, 3.8) is 0 Å². The molecule has 0 spiro atoms. The highest BCUT2D eigenvalue weighted by atomic mass is 19.1. The second-order valence-corrected chi connectivity index (χ2v) is 5.47. The minimum Gasteiger partial charge on any atom is -0.490 e. The Balaban J connectivity index is 1.67. The van der Waals surface area contributed by atoms with Crippen molar-refractivity contribution < 1.29 is 13.5 Å². The van der Waals surface area contributed by atoms with E-state index in [0.29, 0.717) is 18.1 Å². The van der Waals surface area contributed by atoms with Crippen LogP contribution in [0.5, 0.6) is 5.75 Å². The van der Waals surface area contributed by atoms with Gasteiger partial charge in [-0.1, -0.05) is 12.1 Å². The Labute approximate surface area is 122 Å². The van der Waals surface area contributed by atoms with Crippen LogP contribution in [0, 0.1) is 11.6 Å². The molecule has 2 aromatic carbocycles. The number of nitrogens with two attached hydrogens (primary N) is 1. The molecule has 2 N–H and O–H groups in total. The monoisotopic (exact) mass is 289 g/mol. The van der Waals surface area contributed by atoms with Gasteiger partial charge in [0.2, 0.25) is 0 Å². The maximum Gasteiger partial charge on any atom is 0.126 e. The molecule has 0 bridgehead atoms. The number of hydrogen-bond donors (Lipinski definition) is 1. The molecule has 1 aliphatic rings. The Hall–Kier alpha value is -1.94. The van der Waals surface area contributed by atoms with Crippen molar-refractivity contribution in [1.29, 1.82) is 0 Å². The fraction of sp³-hybridized carbons (Fsp3) is 0.294. The Bertz CT molecular complexity index is 603. The van der Waals surface area contributed by atoms with Gasteiger partial charge in [-0.15, -0.1) is 0 Å². The van der Waals surface area contributed by atoms with Gasteiger partial charge in [-0.05, 0) is 54.7 Å². The highest BCUT2D eigenvalue weighted by molar-refractivity contribution is 5.31.